The van der Waals surface area contributed by atoms with E-state index in [0.717, 1.165) is 10.6 Å². The Bertz CT molecular complexity index is 711. The van der Waals surface area contributed by atoms with Gasteiger partial charge in [-0.25, -0.2) is 4.98 Å². The van der Waals surface area contributed by atoms with Crippen LogP contribution in [-0.4, -0.2) is 21.8 Å². The zero-order valence-corrected chi connectivity index (χ0v) is 14.5. The van der Waals surface area contributed by atoms with Crippen LogP contribution in [0.5, 0.6) is 0 Å². The predicted molar refractivity (Wildman–Crippen MR) is 91.9 cm³/mol. The first-order chi connectivity index (χ1) is 10.9. The predicted octanol–water partition coefficient (Wildman–Crippen LogP) is 4.32. The molecule has 1 N–H and O–H groups in total. The fourth-order valence-electron chi connectivity index (χ4n) is 2.27. The van der Waals surface area contributed by atoms with Gasteiger partial charge in [0.05, 0.1) is 16.6 Å². The van der Waals surface area contributed by atoms with Crippen molar-refractivity contribution in [3.8, 4) is 10.6 Å². The molecule has 0 aliphatic heterocycles. The molecule has 0 unspecified atom stereocenters. The van der Waals surface area contributed by atoms with Gasteiger partial charge in [-0.15, -0.1) is 11.3 Å². The molecule has 0 fully saturated rings. The van der Waals surface area contributed by atoms with Crippen molar-refractivity contribution in [3.05, 3.63) is 40.4 Å². The van der Waals surface area contributed by atoms with Gasteiger partial charge in [0.15, 0.2) is 0 Å². The van der Waals surface area contributed by atoms with Crippen molar-refractivity contribution in [2.45, 2.75) is 26.7 Å². The standard InChI is InChI=1S/C17H18ClNO3S/c1-10(2)14(17(21)22)8-12(20)7-11-9-23-16(19-11)13-5-3-4-6-15(13)18/h3-6,9-10,14H,7-8H2,1-2H3,(H,21,22)/t14-/m0/s1. The van der Waals surface area contributed by atoms with Gasteiger partial charge in [-0.05, 0) is 12.0 Å². The van der Waals surface area contributed by atoms with Gasteiger partial charge in [0.1, 0.15) is 10.8 Å². The maximum absolute atomic E-state index is 12.1. The summed E-state index contributed by atoms with van der Waals surface area (Å²) in [5.74, 6) is -1.76. The summed E-state index contributed by atoms with van der Waals surface area (Å²) in [6, 6.07) is 7.41. The number of hydrogen-bond donors (Lipinski definition) is 1. The summed E-state index contributed by atoms with van der Waals surface area (Å²) in [4.78, 5) is 27.7. The van der Waals surface area contributed by atoms with Gasteiger partial charge in [0.25, 0.3) is 0 Å². The van der Waals surface area contributed by atoms with E-state index >= 15 is 0 Å². The number of rotatable bonds is 7. The fraction of sp³-hybridized carbons (Fsp3) is 0.353. The van der Waals surface area contributed by atoms with Crippen LogP contribution in [0.2, 0.25) is 5.02 Å². The molecule has 0 aliphatic carbocycles. The number of aromatic nitrogens is 1. The van der Waals surface area contributed by atoms with Crippen molar-refractivity contribution < 1.29 is 14.7 Å². The average Bonchev–Trinajstić information content (AvgIpc) is 2.92. The summed E-state index contributed by atoms with van der Waals surface area (Å²) >= 11 is 7.57. The monoisotopic (exact) mass is 351 g/mol. The van der Waals surface area contributed by atoms with Crippen molar-refractivity contribution in [2.24, 2.45) is 11.8 Å². The second-order valence-corrected chi connectivity index (χ2v) is 7.00. The van der Waals surface area contributed by atoms with Crippen LogP contribution in [0.3, 0.4) is 0 Å². The van der Waals surface area contributed by atoms with Gasteiger partial charge in [0, 0.05) is 23.8 Å². The van der Waals surface area contributed by atoms with Gasteiger partial charge in [-0.1, -0.05) is 43.6 Å². The van der Waals surface area contributed by atoms with Gasteiger partial charge in [-0.3, -0.25) is 9.59 Å². The largest absolute Gasteiger partial charge is 0.481 e. The molecule has 0 radical (unpaired) electrons. The van der Waals surface area contributed by atoms with Crippen LogP contribution in [0, 0.1) is 11.8 Å². The number of hydrogen-bond acceptors (Lipinski definition) is 4. The molecule has 122 valence electrons. The SMILES string of the molecule is CC(C)[C@H](CC(=O)Cc1csc(-c2ccccc2Cl)n1)C(=O)O. The van der Waals surface area contributed by atoms with Gasteiger partial charge >= 0.3 is 5.97 Å². The zero-order valence-electron chi connectivity index (χ0n) is 13.0. The highest BCUT2D eigenvalue weighted by molar-refractivity contribution is 7.13. The number of carbonyl (C=O) groups excluding carboxylic acids is 1. The molecule has 2 aromatic rings. The molecule has 1 aromatic heterocycles. The van der Waals surface area contributed by atoms with E-state index in [0.29, 0.717) is 10.7 Å². The average molecular weight is 352 g/mol. The molecular formula is C17H18ClNO3S. The molecule has 1 atom stereocenters. The summed E-state index contributed by atoms with van der Waals surface area (Å²) in [6.07, 6.45) is 0.184. The van der Waals surface area contributed by atoms with E-state index < -0.39 is 11.9 Å². The highest BCUT2D eigenvalue weighted by atomic mass is 35.5. The Balaban J connectivity index is 2.06. The first-order valence-electron chi connectivity index (χ1n) is 7.32. The van der Waals surface area contributed by atoms with Crippen molar-refractivity contribution >= 4 is 34.7 Å². The lowest BCUT2D eigenvalue weighted by Crippen LogP contribution is -2.23. The van der Waals surface area contributed by atoms with Gasteiger partial charge in [-0.2, -0.15) is 0 Å². The Morgan fingerprint density at radius 2 is 2.00 bits per heavy atom. The van der Waals surface area contributed by atoms with Crippen LogP contribution < -0.4 is 0 Å². The fourth-order valence-corrected chi connectivity index (χ4v) is 3.41. The van der Waals surface area contributed by atoms with Crippen LogP contribution in [-0.2, 0) is 16.0 Å². The molecule has 1 heterocycles. The number of carbonyl (C=O) groups is 2. The molecule has 1 aromatic carbocycles. The molecule has 0 spiro atoms. The van der Waals surface area contributed by atoms with Gasteiger partial charge in [0.2, 0.25) is 0 Å². The number of benzene rings is 1. The minimum Gasteiger partial charge on any atom is -0.481 e. The van der Waals surface area contributed by atoms with Crippen molar-refractivity contribution in [3.63, 3.8) is 0 Å². The maximum atomic E-state index is 12.1. The van der Waals surface area contributed by atoms with E-state index in [2.05, 4.69) is 4.98 Å². The number of halogens is 1. The Morgan fingerprint density at radius 3 is 2.61 bits per heavy atom. The Morgan fingerprint density at radius 1 is 1.30 bits per heavy atom. The van der Waals surface area contributed by atoms with Gasteiger partial charge < -0.3 is 5.11 Å². The minimum atomic E-state index is -0.927. The van der Waals surface area contributed by atoms with Crippen LogP contribution in [0.15, 0.2) is 29.6 Å². The molecule has 0 aliphatic rings. The lowest BCUT2D eigenvalue weighted by atomic mass is 9.90. The van der Waals surface area contributed by atoms with E-state index in [1.54, 1.807) is 6.07 Å². The first-order valence-corrected chi connectivity index (χ1v) is 8.58. The first kappa shape index (κ1) is 17.6. The quantitative estimate of drug-likeness (QED) is 0.806. The molecule has 6 heteroatoms. The second kappa shape index (κ2) is 7.70. The smallest absolute Gasteiger partial charge is 0.307 e. The maximum Gasteiger partial charge on any atom is 0.307 e. The van der Waals surface area contributed by atoms with E-state index in [1.807, 2.05) is 37.4 Å². The number of carboxylic acids is 1. The Labute approximate surface area is 144 Å². The molecule has 23 heavy (non-hydrogen) atoms. The second-order valence-electron chi connectivity index (χ2n) is 5.73. The third kappa shape index (κ3) is 4.62. The third-order valence-electron chi connectivity index (χ3n) is 3.60. The van der Waals surface area contributed by atoms with Crippen LogP contribution in [0.1, 0.15) is 26.0 Å². The number of nitrogens with zero attached hydrogens (tertiary/aromatic N) is 1. The summed E-state index contributed by atoms with van der Waals surface area (Å²) in [6.45, 7) is 3.62. The molecule has 0 bridgehead atoms. The summed E-state index contributed by atoms with van der Waals surface area (Å²) in [7, 11) is 0. The normalized spacial score (nSPS) is 12.3. The van der Waals surface area contributed by atoms with Crippen molar-refractivity contribution in [1.29, 1.82) is 0 Å². The van der Waals surface area contributed by atoms with Crippen LogP contribution in [0.25, 0.3) is 10.6 Å². The molecule has 0 amide bonds. The number of Topliss-reactive ketones (excluding diaryl/α,β-unsaturated/α-hetero) is 1. The van der Waals surface area contributed by atoms with Crippen molar-refractivity contribution in [2.75, 3.05) is 0 Å². The molecule has 2 rings (SSSR count). The van der Waals surface area contributed by atoms with Crippen molar-refractivity contribution in [1.82, 2.24) is 4.98 Å². The molecule has 4 nitrogen and oxygen atoms in total. The number of carboxylic acid groups (broad SMARTS) is 1. The Hall–Kier alpha value is -1.72. The highest BCUT2D eigenvalue weighted by Gasteiger charge is 2.24. The van der Waals surface area contributed by atoms with E-state index in [1.165, 1.54) is 11.3 Å². The van der Waals surface area contributed by atoms with E-state index in [4.69, 9.17) is 16.7 Å². The molecular weight excluding hydrogens is 334 g/mol. The number of aliphatic carboxylic acids is 1. The number of ketones is 1. The van der Waals surface area contributed by atoms with Crippen LogP contribution in [0.4, 0.5) is 0 Å². The van der Waals surface area contributed by atoms with E-state index in [-0.39, 0.29) is 24.5 Å². The lowest BCUT2D eigenvalue weighted by molar-refractivity contribution is -0.145. The zero-order chi connectivity index (χ0) is 17.0. The van der Waals surface area contributed by atoms with E-state index in [9.17, 15) is 9.59 Å². The molecule has 0 saturated carbocycles. The summed E-state index contributed by atoms with van der Waals surface area (Å²) in [5.41, 5.74) is 1.49. The molecule has 0 saturated heterocycles. The van der Waals surface area contributed by atoms with Crippen LogP contribution >= 0.6 is 22.9 Å². The number of thiazole rings is 1. The minimum absolute atomic E-state index is 0.0337. The summed E-state index contributed by atoms with van der Waals surface area (Å²) in [5, 5.41) is 12.4. The summed E-state index contributed by atoms with van der Waals surface area (Å²) < 4.78 is 0. The lowest BCUT2D eigenvalue weighted by Gasteiger charge is -2.14. The third-order valence-corrected chi connectivity index (χ3v) is 4.86. The highest BCUT2D eigenvalue weighted by Crippen LogP contribution is 2.30. The topological polar surface area (TPSA) is 67.3 Å². The Kier molecular flexibility index (Phi) is 5.91.